The van der Waals surface area contributed by atoms with Gasteiger partial charge in [-0.1, -0.05) is 37.6 Å². The summed E-state index contributed by atoms with van der Waals surface area (Å²) in [5, 5.41) is 3.04. The number of carbonyl (C=O) groups excluding carboxylic acids is 4. The summed E-state index contributed by atoms with van der Waals surface area (Å²) in [6, 6.07) is 11.2. The zero-order valence-corrected chi connectivity index (χ0v) is 31.3. The van der Waals surface area contributed by atoms with Gasteiger partial charge in [-0.25, -0.2) is 14.4 Å². The van der Waals surface area contributed by atoms with Gasteiger partial charge in [0.15, 0.2) is 11.7 Å². The minimum atomic E-state index is -1.10. The molecule has 0 spiro atoms. The van der Waals surface area contributed by atoms with Gasteiger partial charge in [-0.3, -0.25) is 19.5 Å². The van der Waals surface area contributed by atoms with Crippen molar-refractivity contribution in [3.8, 4) is 0 Å². The molecule has 290 valence electrons. The molecular weight excluding hydrogens is 692 g/mol. The Hall–Kier alpha value is -4.85. The predicted molar refractivity (Wildman–Crippen MR) is 201 cm³/mol. The normalized spacial score (nSPS) is 20.7. The number of aromatic amines is 1. The Morgan fingerprint density at radius 2 is 1.67 bits per heavy atom. The molecule has 2 N–H and O–H groups in total. The fraction of sp³-hybridized carbons (Fsp3) is 0.575. The van der Waals surface area contributed by atoms with Crippen LogP contribution < -0.4 is 11.1 Å². The van der Waals surface area contributed by atoms with Crippen LogP contribution in [0, 0.1) is 6.92 Å². The van der Waals surface area contributed by atoms with Crippen LogP contribution in [0.15, 0.2) is 45.6 Å². The SMILES string of the molecule is CCCCOC(=O)[C@@H]1CCCN1C1CCN(C(=O)[C@@H](Cc2cc(C)c3[nH]c(=O)oc3c2)OC(=O)N2CCC(N3CCc4ccccc4NC3=O)CC2)CC1. The molecule has 14 heteroatoms. The molecule has 3 aromatic rings. The lowest BCUT2D eigenvalue weighted by Crippen LogP contribution is -2.53. The number of carbonyl (C=O) groups is 4. The molecule has 0 radical (unpaired) electrons. The molecule has 4 aliphatic heterocycles. The highest BCUT2D eigenvalue weighted by atomic mass is 16.6. The molecule has 1 aromatic heterocycles. The molecule has 0 bridgehead atoms. The Morgan fingerprint density at radius 3 is 2.44 bits per heavy atom. The maximum Gasteiger partial charge on any atom is 0.417 e. The van der Waals surface area contributed by atoms with E-state index in [1.165, 1.54) is 0 Å². The molecule has 0 unspecified atom stereocenters. The first-order valence-corrected chi connectivity index (χ1v) is 19.6. The van der Waals surface area contributed by atoms with Gasteiger partial charge in [-0.2, -0.15) is 0 Å². The van der Waals surface area contributed by atoms with E-state index in [9.17, 15) is 24.0 Å². The topological polar surface area (TPSA) is 158 Å². The van der Waals surface area contributed by atoms with Crippen molar-refractivity contribution < 1.29 is 33.1 Å². The lowest BCUT2D eigenvalue weighted by atomic mass is 9.99. The van der Waals surface area contributed by atoms with Gasteiger partial charge in [0.2, 0.25) is 0 Å². The zero-order valence-electron chi connectivity index (χ0n) is 31.3. The van der Waals surface area contributed by atoms with Crippen LogP contribution in [0.5, 0.6) is 0 Å². The number of piperidine rings is 2. The van der Waals surface area contributed by atoms with E-state index in [-0.39, 0.29) is 42.5 Å². The predicted octanol–water partition coefficient (Wildman–Crippen LogP) is 4.83. The molecule has 3 saturated heterocycles. The molecule has 2 atom stereocenters. The number of nitrogens with one attached hydrogen (secondary N) is 2. The molecule has 5 heterocycles. The van der Waals surface area contributed by atoms with E-state index in [0.29, 0.717) is 81.7 Å². The lowest BCUT2D eigenvalue weighted by molar-refractivity contribution is -0.151. The van der Waals surface area contributed by atoms with E-state index < -0.39 is 18.0 Å². The summed E-state index contributed by atoms with van der Waals surface area (Å²) < 4.78 is 17.0. The van der Waals surface area contributed by atoms with Crippen LogP contribution in [0.25, 0.3) is 11.1 Å². The van der Waals surface area contributed by atoms with Crippen molar-refractivity contribution in [3.63, 3.8) is 0 Å². The lowest BCUT2D eigenvalue weighted by Gasteiger charge is -2.40. The van der Waals surface area contributed by atoms with Crippen LogP contribution >= 0.6 is 0 Å². The molecule has 7 rings (SSSR count). The minimum Gasteiger partial charge on any atom is -0.465 e. The zero-order chi connectivity index (χ0) is 37.8. The number of aryl methyl sites for hydroxylation is 1. The smallest absolute Gasteiger partial charge is 0.417 e. The molecule has 4 amide bonds. The van der Waals surface area contributed by atoms with E-state index in [4.69, 9.17) is 13.9 Å². The largest absolute Gasteiger partial charge is 0.465 e. The van der Waals surface area contributed by atoms with E-state index in [2.05, 4.69) is 22.1 Å². The second kappa shape index (κ2) is 16.7. The maximum atomic E-state index is 14.3. The van der Waals surface area contributed by atoms with Crippen molar-refractivity contribution >= 4 is 40.8 Å². The van der Waals surface area contributed by atoms with Gasteiger partial charge in [-0.15, -0.1) is 0 Å². The Balaban J connectivity index is 0.999. The fourth-order valence-electron chi connectivity index (χ4n) is 8.61. The number of para-hydroxylation sites is 1. The number of benzene rings is 2. The number of hydrogen-bond donors (Lipinski definition) is 2. The van der Waals surface area contributed by atoms with E-state index in [1.54, 1.807) is 15.9 Å². The minimum absolute atomic E-state index is 0.0267. The van der Waals surface area contributed by atoms with Crippen LogP contribution in [-0.2, 0) is 31.9 Å². The highest BCUT2D eigenvalue weighted by Crippen LogP contribution is 2.29. The quantitative estimate of drug-likeness (QED) is 0.219. The third-order valence-electron chi connectivity index (χ3n) is 11.6. The van der Waals surface area contributed by atoms with Crippen LogP contribution in [0.4, 0.5) is 15.3 Å². The number of likely N-dealkylation sites (tertiary alicyclic amines) is 3. The molecule has 0 saturated carbocycles. The van der Waals surface area contributed by atoms with E-state index in [1.807, 2.05) is 42.2 Å². The first kappa shape index (κ1) is 37.5. The fourth-order valence-corrected chi connectivity index (χ4v) is 8.61. The second-order valence-electron chi connectivity index (χ2n) is 15.1. The van der Waals surface area contributed by atoms with Crippen molar-refractivity contribution in [1.29, 1.82) is 0 Å². The number of ether oxygens (including phenoxy) is 2. The number of hydrogen-bond acceptors (Lipinski definition) is 9. The molecule has 14 nitrogen and oxygen atoms in total. The highest BCUT2D eigenvalue weighted by Gasteiger charge is 2.40. The number of rotatable bonds is 10. The number of nitrogens with zero attached hydrogens (tertiary/aromatic N) is 4. The van der Waals surface area contributed by atoms with Gasteiger partial charge in [0.05, 0.1) is 12.1 Å². The number of urea groups is 1. The summed E-state index contributed by atoms with van der Waals surface area (Å²) in [5.41, 5.74) is 4.39. The molecule has 3 fully saturated rings. The number of aromatic nitrogens is 1. The third-order valence-corrected chi connectivity index (χ3v) is 11.6. The van der Waals surface area contributed by atoms with Crippen LogP contribution in [0.2, 0.25) is 0 Å². The van der Waals surface area contributed by atoms with Crippen LogP contribution in [0.3, 0.4) is 0 Å². The highest BCUT2D eigenvalue weighted by molar-refractivity contribution is 5.91. The van der Waals surface area contributed by atoms with Crippen molar-refractivity contribution in [2.24, 2.45) is 0 Å². The summed E-state index contributed by atoms with van der Waals surface area (Å²) in [7, 11) is 0. The Morgan fingerprint density at radius 1 is 0.926 bits per heavy atom. The average molecular weight is 745 g/mol. The Kier molecular flexibility index (Phi) is 11.6. The average Bonchev–Trinajstić information content (AvgIpc) is 3.78. The monoisotopic (exact) mass is 744 g/mol. The van der Waals surface area contributed by atoms with Gasteiger partial charge in [0, 0.05) is 56.9 Å². The summed E-state index contributed by atoms with van der Waals surface area (Å²) in [6.45, 7) is 7.52. The van der Waals surface area contributed by atoms with Crippen LogP contribution in [-0.4, -0.2) is 119 Å². The van der Waals surface area contributed by atoms with Crippen molar-refractivity contribution in [2.45, 2.75) is 102 Å². The summed E-state index contributed by atoms with van der Waals surface area (Å²) >= 11 is 0. The number of fused-ring (bicyclic) bond motifs is 2. The number of esters is 1. The standard InChI is InChI=1S/C40H52N6O8/c1-3-4-22-52-37(48)32-10-7-16-45(32)29-12-17-43(18-13-29)36(47)34(25-27-23-26(2)35-33(24-27)53-39(50)42-35)54-40(51)44-19-14-30(15-20-44)46-21-11-28-8-5-6-9-31(28)41-38(46)49/h5-6,8-9,23-24,29-30,32,34H,3-4,7,10-22,25H2,1-2H3,(H,41,49)(H,42,50)/t32-,34+/m0/s1. The number of unbranched alkanes of at least 4 members (excludes halogenated alkanes) is 1. The summed E-state index contributed by atoms with van der Waals surface area (Å²) in [5.74, 6) is -0.990. The summed E-state index contributed by atoms with van der Waals surface area (Å²) in [4.78, 5) is 76.2. The number of oxazole rings is 1. The van der Waals surface area contributed by atoms with Gasteiger partial charge in [-0.05, 0) is 93.7 Å². The Bertz CT molecular complexity index is 1890. The van der Waals surface area contributed by atoms with E-state index in [0.717, 1.165) is 55.5 Å². The van der Waals surface area contributed by atoms with Crippen molar-refractivity contribution in [3.05, 3.63) is 63.6 Å². The molecule has 0 aliphatic carbocycles. The number of amides is 4. The Labute approximate surface area is 315 Å². The molecule has 2 aromatic carbocycles. The molecular formula is C40H52N6O8. The van der Waals surface area contributed by atoms with Crippen molar-refractivity contribution in [1.82, 2.24) is 24.6 Å². The number of anilines is 1. The first-order chi connectivity index (χ1) is 26.2. The van der Waals surface area contributed by atoms with Crippen LogP contribution in [0.1, 0.15) is 75.0 Å². The van der Waals surface area contributed by atoms with Gasteiger partial charge in [0.1, 0.15) is 6.04 Å². The van der Waals surface area contributed by atoms with E-state index >= 15 is 0 Å². The van der Waals surface area contributed by atoms with Gasteiger partial charge in [0.25, 0.3) is 5.91 Å². The van der Waals surface area contributed by atoms with Gasteiger partial charge < -0.3 is 33.9 Å². The second-order valence-corrected chi connectivity index (χ2v) is 15.1. The number of H-pyrrole nitrogens is 1. The third kappa shape index (κ3) is 8.28. The first-order valence-electron chi connectivity index (χ1n) is 19.6. The molecule has 4 aliphatic rings. The van der Waals surface area contributed by atoms with Gasteiger partial charge >= 0.3 is 23.8 Å². The molecule has 54 heavy (non-hydrogen) atoms. The maximum absolute atomic E-state index is 14.3. The summed E-state index contributed by atoms with van der Waals surface area (Å²) in [6.07, 6.45) is 5.32. The van der Waals surface area contributed by atoms with Crippen molar-refractivity contribution in [2.75, 3.05) is 51.2 Å².